The van der Waals surface area contributed by atoms with Crippen molar-refractivity contribution >= 4 is 23.0 Å². The van der Waals surface area contributed by atoms with Crippen molar-refractivity contribution in [2.24, 2.45) is 0 Å². The van der Waals surface area contributed by atoms with Crippen LogP contribution in [0.4, 0.5) is 20.2 Å². The van der Waals surface area contributed by atoms with Crippen LogP contribution in [-0.4, -0.2) is 0 Å². The van der Waals surface area contributed by atoms with E-state index in [1.807, 2.05) is 0 Å². The third-order valence-electron chi connectivity index (χ3n) is 2.80. The van der Waals surface area contributed by atoms with Gasteiger partial charge in [0, 0.05) is 16.8 Å². The normalized spacial score (nSPS) is 12.2. The molecule has 0 heterocycles. The zero-order valence-corrected chi connectivity index (χ0v) is 11.0. The van der Waals surface area contributed by atoms with Crippen LogP contribution in [0.15, 0.2) is 36.4 Å². The summed E-state index contributed by atoms with van der Waals surface area (Å²) in [4.78, 5) is 0. The van der Waals surface area contributed by atoms with E-state index in [-0.39, 0.29) is 17.4 Å². The predicted molar refractivity (Wildman–Crippen MR) is 74.3 cm³/mol. The molecule has 0 aliphatic rings. The minimum atomic E-state index is -0.710. The SMILES string of the molecule is CC(Nc1c(F)cc(N)cc1F)c1ccc(Cl)cc1. The molecule has 2 aromatic carbocycles. The summed E-state index contributed by atoms with van der Waals surface area (Å²) in [5, 5.41) is 3.40. The molecule has 0 radical (unpaired) electrons. The van der Waals surface area contributed by atoms with Gasteiger partial charge in [0.2, 0.25) is 0 Å². The number of rotatable bonds is 3. The standard InChI is InChI=1S/C14H13ClF2N2/c1-8(9-2-4-10(15)5-3-9)19-14-12(16)6-11(18)7-13(14)17/h2-8,19H,18H2,1H3. The van der Waals surface area contributed by atoms with Gasteiger partial charge in [-0.25, -0.2) is 8.78 Å². The molecule has 0 amide bonds. The predicted octanol–water partition coefficient (Wildman–Crippen LogP) is 4.37. The van der Waals surface area contributed by atoms with Crippen LogP contribution in [0.25, 0.3) is 0 Å². The van der Waals surface area contributed by atoms with E-state index in [1.54, 1.807) is 31.2 Å². The van der Waals surface area contributed by atoms with E-state index >= 15 is 0 Å². The highest BCUT2D eigenvalue weighted by molar-refractivity contribution is 6.30. The van der Waals surface area contributed by atoms with Gasteiger partial charge in [0.15, 0.2) is 11.6 Å². The van der Waals surface area contributed by atoms with E-state index < -0.39 is 11.6 Å². The second-order valence-corrected chi connectivity index (χ2v) is 4.71. The summed E-state index contributed by atoms with van der Waals surface area (Å²) >= 11 is 5.79. The van der Waals surface area contributed by atoms with Crippen molar-refractivity contribution in [1.29, 1.82) is 0 Å². The van der Waals surface area contributed by atoms with Gasteiger partial charge in [0.1, 0.15) is 5.69 Å². The summed E-state index contributed by atoms with van der Waals surface area (Å²) in [6.45, 7) is 1.80. The minimum absolute atomic E-state index is 0.0553. The maximum absolute atomic E-state index is 13.6. The molecule has 5 heteroatoms. The Morgan fingerprint density at radius 2 is 1.63 bits per heavy atom. The number of anilines is 2. The third kappa shape index (κ3) is 3.15. The topological polar surface area (TPSA) is 38.0 Å². The van der Waals surface area contributed by atoms with E-state index in [0.29, 0.717) is 5.02 Å². The van der Waals surface area contributed by atoms with Crippen molar-refractivity contribution in [2.45, 2.75) is 13.0 Å². The Kier molecular flexibility index (Phi) is 3.90. The fourth-order valence-electron chi connectivity index (χ4n) is 1.78. The highest BCUT2D eigenvalue weighted by atomic mass is 35.5. The van der Waals surface area contributed by atoms with Gasteiger partial charge < -0.3 is 11.1 Å². The number of nitrogens with one attached hydrogen (secondary N) is 1. The summed E-state index contributed by atoms with van der Waals surface area (Å²) in [6, 6.07) is 8.96. The van der Waals surface area contributed by atoms with Gasteiger partial charge in [-0.1, -0.05) is 23.7 Å². The molecule has 0 bridgehead atoms. The number of hydrogen-bond donors (Lipinski definition) is 2. The van der Waals surface area contributed by atoms with Crippen molar-refractivity contribution in [3.05, 3.63) is 58.6 Å². The molecule has 0 fully saturated rings. The first-order valence-electron chi connectivity index (χ1n) is 5.74. The summed E-state index contributed by atoms with van der Waals surface area (Å²) in [5.74, 6) is -1.42. The molecule has 1 atom stereocenters. The Bertz CT molecular complexity index is 561. The van der Waals surface area contributed by atoms with E-state index in [4.69, 9.17) is 17.3 Å². The lowest BCUT2D eigenvalue weighted by Gasteiger charge is -2.17. The fourth-order valence-corrected chi connectivity index (χ4v) is 1.91. The quantitative estimate of drug-likeness (QED) is 0.820. The molecule has 100 valence electrons. The molecule has 0 saturated carbocycles. The fraction of sp³-hybridized carbons (Fsp3) is 0.143. The molecule has 1 unspecified atom stereocenters. The van der Waals surface area contributed by atoms with Crippen LogP contribution in [0.5, 0.6) is 0 Å². The first-order valence-corrected chi connectivity index (χ1v) is 6.11. The Labute approximate surface area is 115 Å². The highest BCUT2D eigenvalue weighted by Crippen LogP contribution is 2.26. The van der Waals surface area contributed by atoms with Crippen LogP contribution in [0.2, 0.25) is 5.02 Å². The Balaban J connectivity index is 2.24. The molecule has 3 N–H and O–H groups in total. The molecular weight excluding hydrogens is 270 g/mol. The van der Waals surface area contributed by atoms with Crippen molar-refractivity contribution in [3.8, 4) is 0 Å². The van der Waals surface area contributed by atoms with Crippen LogP contribution < -0.4 is 11.1 Å². The van der Waals surface area contributed by atoms with E-state index in [2.05, 4.69) is 5.32 Å². The Morgan fingerprint density at radius 1 is 1.11 bits per heavy atom. The van der Waals surface area contributed by atoms with Crippen LogP contribution in [0.1, 0.15) is 18.5 Å². The number of hydrogen-bond acceptors (Lipinski definition) is 2. The molecule has 2 rings (SSSR count). The molecule has 0 spiro atoms. The molecule has 0 aromatic heterocycles. The molecule has 0 aliphatic carbocycles. The third-order valence-corrected chi connectivity index (χ3v) is 3.05. The first kappa shape index (κ1) is 13.6. The van der Waals surface area contributed by atoms with Gasteiger partial charge in [0.25, 0.3) is 0 Å². The number of nitrogens with two attached hydrogens (primary N) is 1. The largest absolute Gasteiger partial charge is 0.399 e. The second kappa shape index (κ2) is 5.45. The lowest BCUT2D eigenvalue weighted by Crippen LogP contribution is -2.10. The maximum atomic E-state index is 13.6. The van der Waals surface area contributed by atoms with Crippen molar-refractivity contribution in [2.75, 3.05) is 11.1 Å². The minimum Gasteiger partial charge on any atom is -0.399 e. The van der Waals surface area contributed by atoms with Crippen LogP contribution in [0.3, 0.4) is 0 Å². The monoisotopic (exact) mass is 282 g/mol. The number of benzene rings is 2. The van der Waals surface area contributed by atoms with Gasteiger partial charge in [-0.05, 0) is 36.8 Å². The summed E-state index contributed by atoms with van der Waals surface area (Å²) in [6.07, 6.45) is 0. The van der Waals surface area contributed by atoms with Gasteiger partial charge in [-0.15, -0.1) is 0 Å². The molecule has 2 aromatic rings. The Morgan fingerprint density at radius 3 is 2.16 bits per heavy atom. The molecule has 0 aliphatic heterocycles. The summed E-state index contributed by atoms with van der Waals surface area (Å²) < 4.78 is 27.3. The van der Waals surface area contributed by atoms with E-state index in [1.165, 1.54) is 0 Å². The molecular formula is C14H13ClF2N2. The van der Waals surface area contributed by atoms with Crippen molar-refractivity contribution < 1.29 is 8.78 Å². The smallest absolute Gasteiger partial charge is 0.151 e. The van der Waals surface area contributed by atoms with Gasteiger partial charge >= 0.3 is 0 Å². The van der Waals surface area contributed by atoms with E-state index in [0.717, 1.165) is 17.7 Å². The second-order valence-electron chi connectivity index (χ2n) is 4.28. The van der Waals surface area contributed by atoms with Gasteiger partial charge in [0.05, 0.1) is 0 Å². The molecule has 19 heavy (non-hydrogen) atoms. The van der Waals surface area contributed by atoms with E-state index in [9.17, 15) is 8.78 Å². The maximum Gasteiger partial charge on any atom is 0.151 e. The van der Waals surface area contributed by atoms with Gasteiger partial charge in [-0.2, -0.15) is 0 Å². The van der Waals surface area contributed by atoms with Gasteiger partial charge in [-0.3, -0.25) is 0 Å². The highest BCUT2D eigenvalue weighted by Gasteiger charge is 2.13. The Hall–Kier alpha value is -1.81. The number of halogens is 3. The van der Waals surface area contributed by atoms with Crippen LogP contribution in [-0.2, 0) is 0 Å². The summed E-state index contributed by atoms with van der Waals surface area (Å²) in [7, 11) is 0. The zero-order valence-electron chi connectivity index (χ0n) is 10.3. The average Bonchev–Trinajstić information content (AvgIpc) is 2.34. The van der Waals surface area contributed by atoms with Crippen molar-refractivity contribution in [3.63, 3.8) is 0 Å². The molecule has 2 nitrogen and oxygen atoms in total. The lowest BCUT2D eigenvalue weighted by molar-refractivity contribution is 0.585. The summed E-state index contributed by atoms with van der Waals surface area (Å²) in [5.41, 5.74) is 6.11. The average molecular weight is 283 g/mol. The lowest BCUT2D eigenvalue weighted by atomic mass is 10.1. The zero-order chi connectivity index (χ0) is 14.0. The first-order chi connectivity index (χ1) is 8.97. The number of nitrogen functional groups attached to an aromatic ring is 1. The van der Waals surface area contributed by atoms with Crippen molar-refractivity contribution in [1.82, 2.24) is 0 Å². The van der Waals surface area contributed by atoms with Crippen LogP contribution >= 0.6 is 11.6 Å². The molecule has 0 saturated heterocycles. The van der Waals surface area contributed by atoms with Crippen LogP contribution in [0, 0.1) is 11.6 Å².